The van der Waals surface area contributed by atoms with Crippen LogP contribution in [-0.2, 0) is 11.3 Å². The average molecular weight is 280 g/mol. The molecule has 114 valence electrons. The van der Waals surface area contributed by atoms with Crippen LogP contribution in [0.3, 0.4) is 0 Å². The molecule has 5 nitrogen and oxygen atoms in total. The standard InChI is InChI=1S/C15H28N4O/c1-3-18-10-5-7-14(18)13-19-11-9-17-15(19)16-8-6-12-20-4-2/h9,11,14H,3-8,10,12-13H2,1-2H3,(H,16,17). The highest BCUT2D eigenvalue weighted by Crippen LogP contribution is 2.19. The molecule has 1 aromatic heterocycles. The quantitative estimate of drug-likeness (QED) is 0.704. The van der Waals surface area contributed by atoms with Crippen molar-refractivity contribution in [2.45, 2.75) is 45.7 Å². The maximum Gasteiger partial charge on any atom is 0.202 e. The van der Waals surface area contributed by atoms with Gasteiger partial charge in [0.25, 0.3) is 0 Å². The van der Waals surface area contributed by atoms with Gasteiger partial charge in [-0.3, -0.25) is 4.90 Å². The molecule has 20 heavy (non-hydrogen) atoms. The molecule has 0 radical (unpaired) electrons. The number of imidazole rings is 1. The molecule has 1 fully saturated rings. The van der Waals surface area contributed by atoms with Crippen LogP contribution >= 0.6 is 0 Å². The van der Waals surface area contributed by atoms with Gasteiger partial charge in [0, 0.05) is 44.7 Å². The molecule has 2 heterocycles. The normalized spacial score (nSPS) is 19.6. The first kappa shape index (κ1) is 15.3. The van der Waals surface area contributed by atoms with Crippen molar-refractivity contribution in [1.29, 1.82) is 0 Å². The average Bonchev–Trinajstić information content (AvgIpc) is 3.08. The van der Waals surface area contributed by atoms with E-state index in [9.17, 15) is 0 Å². The van der Waals surface area contributed by atoms with E-state index >= 15 is 0 Å². The summed E-state index contributed by atoms with van der Waals surface area (Å²) in [5, 5.41) is 3.41. The maximum absolute atomic E-state index is 5.35. The first-order valence-electron chi connectivity index (χ1n) is 7.92. The Hall–Kier alpha value is -1.07. The molecule has 0 saturated carbocycles. The van der Waals surface area contributed by atoms with E-state index in [1.165, 1.54) is 19.4 Å². The van der Waals surface area contributed by atoms with Crippen LogP contribution in [0.2, 0.25) is 0 Å². The summed E-state index contributed by atoms with van der Waals surface area (Å²) in [5.74, 6) is 0.990. The van der Waals surface area contributed by atoms with Crippen molar-refractivity contribution in [3.05, 3.63) is 12.4 Å². The fourth-order valence-electron chi connectivity index (χ4n) is 2.89. The molecule has 1 unspecified atom stereocenters. The van der Waals surface area contributed by atoms with Crippen LogP contribution in [0.15, 0.2) is 12.4 Å². The van der Waals surface area contributed by atoms with E-state index in [0.29, 0.717) is 6.04 Å². The topological polar surface area (TPSA) is 42.3 Å². The van der Waals surface area contributed by atoms with Gasteiger partial charge in [-0.2, -0.15) is 0 Å². The summed E-state index contributed by atoms with van der Waals surface area (Å²) < 4.78 is 7.59. The van der Waals surface area contributed by atoms with E-state index in [4.69, 9.17) is 4.74 Å². The third-order valence-electron chi connectivity index (χ3n) is 3.98. The second kappa shape index (κ2) is 8.27. The Balaban J connectivity index is 1.79. The molecule has 1 N–H and O–H groups in total. The molecule has 1 saturated heterocycles. The van der Waals surface area contributed by atoms with E-state index in [0.717, 1.165) is 45.2 Å². The van der Waals surface area contributed by atoms with Crippen molar-refractivity contribution in [1.82, 2.24) is 14.5 Å². The summed E-state index contributed by atoms with van der Waals surface area (Å²) in [6, 6.07) is 0.665. The lowest BCUT2D eigenvalue weighted by Gasteiger charge is -2.23. The van der Waals surface area contributed by atoms with Gasteiger partial charge in [0.05, 0.1) is 0 Å². The molecule has 0 spiro atoms. The van der Waals surface area contributed by atoms with Crippen LogP contribution in [-0.4, -0.2) is 53.3 Å². The SMILES string of the molecule is CCOCCCNc1nccn1CC1CCCN1CC. The molecule has 0 amide bonds. The number of likely N-dealkylation sites (tertiary alicyclic amines) is 1. The molecule has 1 aliphatic heterocycles. The Labute approximate surface area is 122 Å². The Morgan fingerprint density at radius 3 is 3.15 bits per heavy atom. The highest BCUT2D eigenvalue weighted by Gasteiger charge is 2.23. The summed E-state index contributed by atoms with van der Waals surface area (Å²) in [7, 11) is 0. The highest BCUT2D eigenvalue weighted by atomic mass is 16.5. The van der Waals surface area contributed by atoms with Gasteiger partial charge < -0.3 is 14.6 Å². The number of likely N-dealkylation sites (N-methyl/N-ethyl adjacent to an activating group) is 1. The van der Waals surface area contributed by atoms with E-state index in [1.807, 2.05) is 13.1 Å². The van der Waals surface area contributed by atoms with Crippen molar-refractivity contribution in [2.75, 3.05) is 38.2 Å². The van der Waals surface area contributed by atoms with E-state index in [1.54, 1.807) is 0 Å². The van der Waals surface area contributed by atoms with Gasteiger partial charge in [-0.05, 0) is 39.3 Å². The van der Waals surface area contributed by atoms with Crippen molar-refractivity contribution in [3.8, 4) is 0 Å². The zero-order valence-electron chi connectivity index (χ0n) is 12.8. The Morgan fingerprint density at radius 1 is 1.45 bits per heavy atom. The first-order chi connectivity index (χ1) is 9.85. The molecule has 1 aromatic rings. The molecule has 0 bridgehead atoms. The third-order valence-corrected chi connectivity index (χ3v) is 3.98. The van der Waals surface area contributed by atoms with E-state index in [-0.39, 0.29) is 0 Å². The molecule has 1 aliphatic rings. The van der Waals surface area contributed by atoms with Gasteiger partial charge in [-0.25, -0.2) is 4.98 Å². The molecule has 1 atom stereocenters. The number of nitrogens with one attached hydrogen (secondary N) is 1. The van der Waals surface area contributed by atoms with Crippen LogP contribution in [0.4, 0.5) is 5.95 Å². The van der Waals surface area contributed by atoms with Gasteiger partial charge in [0.2, 0.25) is 5.95 Å². The van der Waals surface area contributed by atoms with Crippen LogP contribution < -0.4 is 5.32 Å². The lowest BCUT2D eigenvalue weighted by molar-refractivity contribution is 0.147. The number of hydrogen-bond acceptors (Lipinski definition) is 4. The summed E-state index contributed by atoms with van der Waals surface area (Å²) in [4.78, 5) is 6.99. The Morgan fingerprint density at radius 2 is 2.35 bits per heavy atom. The minimum absolute atomic E-state index is 0.665. The minimum atomic E-state index is 0.665. The van der Waals surface area contributed by atoms with Gasteiger partial charge in [0.15, 0.2) is 0 Å². The van der Waals surface area contributed by atoms with Gasteiger partial charge in [-0.15, -0.1) is 0 Å². The lowest BCUT2D eigenvalue weighted by Crippen LogP contribution is -2.32. The summed E-state index contributed by atoms with van der Waals surface area (Å²) in [6.45, 7) is 10.2. The zero-order chi connectivity index (χ0) is 14.2. The first-order valence-corrected chi connectivity index (χ1v) is 7.92. The van der Waals surface area contributed by atoms with Crippen molar-refractivity contribution in [2.24, 2.45) is 0 Å². The zero-order valence-corrected chi connectivity index (χ0v) is 12.8. The molecule has 0 aliphatic carbocycles. The smallest absolute Gasteiger partial charge is 0.202 e. The number of hydrogen-bond donors (Lipinski definition) is 1. The fraction of sp³-hybridized carbons (Fsp3) is 0.800. The van der Waals surface area contributed by atoms with Crippen molar-refractivity contribution < 1.29 is 4.74 Å². The molecular weight excluding hydrogens is 252 g/mol. The maximum atomic E-state index is 5.35. The Bertz CT molecular complexity index is 380. The summed E-state index contributed by atoms with van der Waals surface area (Å²) in [6.07, 6.45) is 7.61. The minimum Gasteiger partial charge on any atom is -0.382 e. The van der Waals surface area contributed by atoms with E-state index in [2.05, 4.69) is 32.9 Å². The number of nitrogens with zero attached hydrogens (tertiary/aromatic N) is 3. The second-order valence-corrected chi connectivity index (χ2v) is 5.31. The summed E-state index contributed by atoms with van der Waals surface area (Å²) in [5.41, 5.74) is 0. The van der Waals surface area contributed by atoms with E-state index < -0.39 is 0 Å². The molecular formula is C15H28N4O. The van der Waals surface area contributed by atoms with Crippen LogP contribution in [0.5, 0.6) is 0 Å². The highest BCUT2D eigenvalue weighted by molar-refractivity contribution is 5.25. The fourth-order valence-corrected chi connectivity index (χ4v) is 2.89. The molecule has 2 rings (SSSR count). The molecule has 5 heteroatoms. The number of ether oxygens (including phenoxy) is 1. The number of aromatic nitrogens is 2. The van der Waals surface area contributed by atoms with Gasteiger partial charge in [-0.1, -0.05) is 6.92 Å². The lowest BCUT2D eigenvalue weighted by atomic mass is 10.2. The van der Waals surface area contributed by atoms with Crippen LogP contribution in [0.1, 0.15) is 33.1 Å². The Kier molecular flexibility index (Phi) is 6.33. The predicted octanol–water partition coefficient (Wildman–Crippen LogP) is 2.21. The van der Waals surface area contributed by atoms with Crippen molar-refractivity contribution in [3.63, 3.8) is 0 Å². The third kappa shape index (κ3) is 4.21. The van der Waals surface area contributed by atoms with Gasteiger partial charge >= 0.3 is 0 Å². The van der Waals surface area contributed by atoms with Crippen molar-refractivity contribution >= 4 is 5.95 Å². The largest absolute Gasteiger partial charge is 0.382 e. The van der Waals surface area contributed by atoms with Crippen LogP contribution in [0, 0.1) is 0 Å². The number of anilines is 1. The molecule has 0 aromatic carbocycles. The summed E-state index contributed by atoms with van der Waals surface area (Å²) >= 11 is 0. The van der Waals surface area contributed by atoms with Crippen LogP contribution in [0.25, 0.3) is 0 Å². The van der Waals surface area contributed by atoms with Gasteiger partial charge in [0.1, 0.15) is 0 Å². The monoisotopic (exact) mass is 280 g/mol. The predicted molar refractivity (Wildman–Crippen MR) is 82.1 cm³/mol. The second-order valence-electron chi connectivity index (χ2n) is 5.31. The number of rotatable bonds is 9.